The fraction of sp³-hybridized carbons (Fsp3) is 0.0833. The quantitative estimate of drug-likeness (QED) is 0.830. The van der Waals surface area contributed by atoms with Gasteiger partial charge in [-0.15, -0.1) is 0 Å². The Labute approximate surface area is 111 Å². The first kappa shape index (κ1) is 12.8. The number of pyridine rings is 1. The number of halogens is 3. The predicted molar refractivity (Wildman–Crippen MR) is 70.7 cm³/mol. The van der Waals surface area contributed by atoms with Crippen molar-refractivity contribution in [2.45, 2.75) is 6.92 Å². The predicted octanol–water partition coefficient (Wildman–Crippen LogP) is 3.76. The molecule has 3 N–H and O–H groups in total. The van der Waals surface area contributed by atoms with E-state index < -0.39 is 11.6 Å². The van der Waals surface area contributed by atoms with Gasteiger partial charge in [-0.1, -0.05) is 0 Å². The molecule has 0 radical (unpaired) electrons. The van der Waals surface area contributed by atoms with Crippen LogP contribution in [0.4, 0.5) is 26.0 Å². The van der Waals surface area contributed by atoms with E-state index in [0.717, 1.165) is 11.6 Å². The summed E-state index contributed by atoms with van der Waals surface area (Å²) in [4.78, 5) is 4.05. The smallest absolute Gasteiger partial charge is 0.153 e. The SMILES string of the molecule is Cc1cnc(Nc2cc(Br)c(F)cc2F)c(N)c1. The van der Waals surface area contributed by atoms with Crippen molar-refractivity contribution in [3.8, 4) is 0 Å². The lowest BCUT2D eigenvalue weighted by molar-refractivity contribution is 0.581. The van der Waals surface area contributed by atoms with Crippen molar-refractivity contribution in [3.63, 3.8) is 0 Å². The van der Waals surface area contributed by atoms with Crippen molar-refractivity contribution in [3.05, 3.63) is 46.1 Å². The molecule has 1 aromatic carbocycles. The second-order valence-electron chi connectivity index (χ2n) is 3.82. The largest absolute Gasteiger partial charge is 0.396 e. The van der Waals surface area contributed by atoms with E-state index in [9.17, 15) is 8.78 Å². The summed E-state index contributed by atoms with van der Waals surface area (Å²) in [5, 5.41) is 2.73. The van der Waals surface area contributed by atoms with Crippen LogP contribution in [-0.4, -0.2) is 4.98 Å². The van der Waals surface area contributed by atoms with Crippen LogP contribution in [-0.2, 0) is 0 Å². The number of hydrogen-bond acceptors (Lipinski definition) is 3. The molecule has 0 saturated heterocycles. The summed E-state index contributed by atoms with van der Waals surface area (Å²) < 4.78 is 26.8. The Kier molecular flexibility index (Phi) is 3.47. The summed E-state index contributed by atoms with van der Waals surface area (Å²) in [7, 11) is 0. The van der Waals surface area contributed by atoms with Crippen LogP contribution < -0.4 is 11.1 Å². The minimum absolute atomic E-state index is 0.103. The third-order valence-corrected chi connectivity index (χ3v) is 2.92. The molecular formula is C12H10BrF2N3. The summed E-state index contributed by atoms with van der Waals surface area (Å²) >= 11 is 2.99. The van der Waals surface area contributed by atoms with E-state index in [-0.39, 0.29) is 10.2 Å². The Morgan fingerprint density at radius 2 is 1.94 bits per heavy atom. The molecule has 0 aliphatic carbocycles. The van der Waals surface area contributed by atoms with E-state index in [0.29, 0.717) is 11.5 Å². The number of anilines is 3. The van der Waals surface area contributed by atoms with Gasteiger partial charge in [0, 0.05) is 12.3 Å². The zero-order valence-corrected chi connectivity index (χ0v) is 11.1. The van der Waals surface area contributed by atoms with Crippen molar-refractivity contribution in [1.29, 1.82) is 0 Å². The van der Waals surface area contributed by atoms with E-state index in [1.807, 2.05) is 6.92 Å². The second kappa shape index (κ2) is 4.89. The highest BCUT2D eigenvalue weighted by molar-refractivity contribution is 9.10. The van der Waals surface area contributed by atoms with Crippen LogP contribution in [0.15, 0.2) is 28.9 Å². The molecule has 6 heteroatoms. The third kappa shape index (κ3) is 2.59. The lowest BCUT2D eigenvalue weighted by atomic mass is 10.2. The van der Waals surface area contributed by atoms with Gasteiger partial charge in [-0.2, -0.15) is 0 Å². The van der Waals surface area contributed by atoms with Gasteiger partial charge < -0.3 is 11.1 Å². The molecule has 1 aromatic heterocycles. The van der Waals surface area contributed by atoms with Gasteiger partial charge in [0.1, 0.15) is 11.6 Å². The highest BCUT2D eigenvalue weighted by atomic mass is 79.9. The maximum Gasteiger partial charge on any atom is 0.153 e. The van der Waals surface area contributed by atoms with Gasteiger partial charge in [0.25, 0.3) is 0 Å². The molecule has 0 bridgehead atoms. The Morgan fingerprint density at radius 3 is 2.61 bits per heavy atom. The number of aryl methyl sites for hydroxylation is 1. The van der Waals surface area contributed by atoms with Crippen LogP contribution in [0.2, 0.25) is 0 Å². The molecule has 1 heterocycles. The summed E-state index contributed by atoms with van der Waals surface area (Å²) in [6, 6.07) is 3.80. The monoisotopic (exact) mass is 313 g/mol. The average molecular weight is 314 g/mol. The van der Waals surface area contributed by atoms with Gasteiger partial charge in [-0.3, -0.25) is 0 Å². The molecule has 0 saturated carbocycles. The van der Waals surface area contributed by atoms with Crippen molar-refractivity contribution >= 4 is 33.1 Å². The lowest BCUT2D eigenvalue weighted by Crippen LogP contribution is -2.01. The maximum atomic E-state index is 13.5. The minimum atomic E-state index is -0.711. The van der Waals surface area contributed by atoms with Crippen LogP contribution in [0.3, 0.4) is 0 Å². The van der Waals surface area contributed by atoms with Gasteiger partial charge >= 0.3 is 0 Å². The van der Waals surface area contributed by atoms with Gasteiger partial charge in [0.15, 0.2) is 5.82 Å². The molecule has 0 aliphatic rings. The number of rotatable bonds is 2. The number of benzene rings is 1. The molecular weight excluding hydrogens is 304 g/mol. The molecule has 18 heavy (non-hydrogen) atoms. The van der Waals surface area contributed by atoms with Crippen LogP contribution >= 0.6 is 15.9 Å². The standard InChI is InChI=1S/C12H10BrF2N3/c1-6-2-10(16)12(17-5-6)18-11-3-7(13)8(14)4-9(11)15/h2-5H,16H2,1H3,(H,17,18). The summed E-state index contributed by atoms with van der Waals surface area (Å²) in [5.41, 5.74) is 7.16. The number of hydrogen-bond donors (Lipinski definition) is 2. The first-order valence-corrected chi connectivity index (χ1v) is 5.90. The van der Waals surface area contributed by atoms with Gasteiger partial charge in [0.2, 0.25) is 0 Å². The van der Waals surface area contributed by atoms with E-state index >= 15 is 0 Å². The molecule has 0 fully saturated rings. The summed E-state index contributed by atoms with van der Waals surface area (Å²) in [6.07, 6.45) is 1.61. The molecule has 0 unspecified atom stereocenters. The normalized spacial score (nSPS) is 10.4. The Hall–Kier alpha value is -1.69. The van der Waals surface area contributed by atoms with Gasteiger partial charge in [0.05, 0.1) is 15.8 Å². The highest BCUT2D eigenvalue weighted by Crippen LogP contribution is 2.27. The minimum Gasteiger partial charge on any atom is -0.396 e. The van der Waals surface area contributed by atoms with E-state index in [1.165, 1.54) is 6.07 Å². The molecule has 0 atom stereocenters. The molecule has 0 aliphatic heterocycles. The zero-order chi connectivity index (χ0) is 13.3. The number of aromatic nitrogens is 1. The fourth-order valence-electron chi connectivity index (χ4n) is 1.44. The van der Waals surface area contributed by atoms with Crippen LogP contribution in [0.5, 0.6) is 0 Å². The van der Waals surface area contributed by atoms with Gasteiger partial charge in [-0.25, -0.2) is 13.8 Å². The van der Waals surface area contributed by atoms with E-state index in [2.05, 4.69) is 26.2 Å². The highest BCUT2D eigenvalue weighted by Gasteiger charge is 2.10. The molecule has 3 nitrogen and oxygen atoms in total. The molecule has 0 spiro atoms. The number of nitrogens with one attached hydrogen (secondary N) is 1. The molecule has 2 rings (SSSR count). The van der Waals surface area contributed by atoms with Crippen molar-refractivity contribution in [2.75, 3.05) is 11.1 Å². The number of nitrogens with two attached hydrogens (primary N) is 1. The Bertz CT molecular complexity index is 602. The van der Waals surface area contributed by atoms with Crippen molar-refractivity contribution in [1.82, 2.24) is 4.98 Å². The van der Waals surface area contributed by atoms with Crippen LogP contribution in [0.1, 0.15) is 5.56 Å². The topological polar surface area (TPSA) is 50.9 Å². The van der Waals surface area contributed by atoms with Gasteiger partial charge in [-0.05, 0) is 40.5 Å². The Balaban J connectivity index is 2.37. The Morgan fingerprint density at radius 1 is 1.22 bits per heavy atom. The van der Waals surface area contributed by atoms with Crippen LogP contribution in [0, 0.1) is 18.6 Å². The van der Waals surface area contributed by atoms with Crippen LogP contribution in [0.25, 0.3) is 0 Å². The lowest BCUT2D eigenvalue weighted by Gasteiger charge is -2.10. The first-order chi connectivity index (χ1) is 8.47. The summed E-state index contributed by atoms with van der Waals surface area (Å²) in [5.74, 6) is -1.04. The zero-order valence-electron chi connectivity index (χ0n) is 9.47. The second-order valence-corrected chi connectivity index (χ2v) is 4.68. The molecule has 2 aromatic rings. The maximum absolute atomic E-state index is 13.5. The third-order valence-electron chi connectivity index (χ3n) is 2.32. The molecule has 0 amide bonds. The van der Waals surface area contributed by atoms with Crippen molar-refractivity contribution < 1.29 is 8.78 Å². The van der Waals surface area contributed by atoms with E-state index in [1.54, 1.807) is 12.3 Å². The molecule has 94 valence electrons. The number of nitrogens with zero attached hydrogens (tertiary/aromatic N) is 1. The fourth-order valence-corrected chi connectivity index (χ4v) is 1.79. The summed E-state index contributed by atoms with van der Waals surface area (Å²) in [6.45, 7) is 1.85. The van der Waals surface area contributed by atoms with Crippen molar-refractivity contribution in [2.24, 2.45) is 0 Å². The number of nitrogen functional groups attached to an aromatic ring is 1. The average Bonchev–Trinajstić information content (AvgIpc) is 2.29. The van der Waals surface area contributed by atoms with E-state index in [4.69, 9.17) is 5.73 Å². The first-order valence-electron chi connectivity index (χ1n) is 5.11.